The largest absolute Gasteiger partial charge is 0.480 e. The summed E-state index contributed by atoms with van der Waals surface area (Å²) in [6.07, 6.45) is 0.834. The standard InChI is InChI=1S/C10H14N2O5S2/c1-6-11-8(5-18-6)9(13)12-7(10(14)15)3-4-19(2,16)17/h5,7H,3-4H2,1-2H3,(H,12,13)(H,14,15). The third-order valence-electron chi connectivity index (χ3n) is 2.23. The Hall–Kier alpha value is -1.48. The zero-order valence-electron chi connectivity index (χ0n) is 10.4. The number of hydrogen-bond acceptors (Lipinski definition) is 6. The Kier molecular flexibility index (Phi) is 5.01. The molecule has 0 aromatic carbocycles. The molecule has 1 amide bonds. The Morgan fingerprint density at radius 3 is 2.58 bits per heavy atom. The zero-order chi connectivity index (χ0) is 14.6. The number of thiazole rings is 1. The first kappa shape index (κ1) is 15.6. The minimum Gasteiger partial charge on any atom is -0.480 e. The summed E-state index contributed by atoms with van der Waals surface area (Å²) in [7, 11) is -3.28. The molecule has 1 aromatic rings. The molecule has 0 saturated heterocycles. The van der Waals surface area contributed by atoms with Crippen LogP contribution >= 0.6 is 11.3 Å². The quantitative estimate of drug-likeness (QED) is 0.769. The van der Waals surface area contributed by atoms with E-state index in [4.69, 9.17) is 5.11 Å². The molecule has 0 fully saturated rings. The monoisotopic (exact) mass is 306 g/mol. The molecule has 19 heavy (non-hydrogen) atoms. The van der Waals surface area contributed by atoms with E-state index in [0.717, 1.165) is 6.26 Å². The van der Waals surface area contributed by atoms with Gasteiger partial charge in [0.25, 0.3) is 5.91 Å². The van der Waals surface area contributed by atoms with Gasteiger partial charge in [0.2, 0.25) is 0 Å². The number of sulfone groups is 1. The van der Waals surface area contributed by atoms with E-state index < -0.39 is 27.8 Å². The number of aliphatic carboxylic acids is 1. The van der Waals surface area contributed by atoms with Crippen molar-refractivity contribution >= 4 is 33.1 Å². The third kappa shape index (κ3) is 5.35. The van der Waals surface area contributed by atoms with Gasteiger partial charge in [-0.05, 0) is 13.3 Å². The lowest BCUT2D eigenvalue weighted by atomic mass is 10.2. The molecule has 1 rings (SSSR count). The van der Waals surface area contributed by atoms with Gasteiger partial charge >= 0.3 is 5.97 Å². The van der Waals surface area contributed by atoms with E-state index in [2.05, 4.69) is 10.3 Å². The van der Waals surface area contributed by atoms with E-state index in [-0.39, 0.29) is 17.9 Å². The van der Waals surface area contributed by atoms with Crippen molar-refractivity contribution in [3.05, 3.63) is 16.1 Å². The van der Waals surface area contributed by atoms with Crippen molar-refractivity contribution in [1.82, 2.24) is 10.3 Å². The van der Waals surface area contributed by atoms with Gasteiger partial charge in [-0.2, -0.15) is 0 Å². The van der Waals surface area contributed by atoms with Crippen LogP contribution in [0.2, 0.25) is 0 Å². The summed E-state index contributed by atoms with van der Waals surface area (Å²) in [5, 5.41) is 13.4. The predicted molar refractivity (Wildman–Crippen MR) is 70.1 cm³/mol. The number of hydrogen-bond donors (Lipinski definition) is 2. The highest BCUT2D eigenvalue weighted by Crippen LogP contribution is 2.08. The second kappa shape index (κ2) is 6.11. The van der Waals surface area contributed by atoms with Crippen molar-refractivity contribution in [1.29, 1.82) is 0 Å². The number of nitrogens with zero attached hydrogens (tertiary/aromatic N) is 1. The maximum atomic E-state index is 11.7. The number of carboxylic acids is 1. The summed E-state index contributed by atoms with van der Waals surface area (Å²) in [6.45, 7) is 1.72. The molecule has 1 atom stereocenters. The highest BCUT2D eigenvalue weighted by atomic mass is 32.2. The molecule has 0 bridgehead atoms. The van der Waals surface area contributed by atoms with Gasteiger partial charge in [0.1, 0.15) is 21.6 Å². The zero-order valence-corrected chi connectivity index (χ0v) is 12.0. The SMILES string of the molecule is Cc1nc(C(=O)NC(CCS(C)(=O)=O)C(=O)O)cs1. The number of aromatic nitrogens is 1. The molecular formula is C10H14N2O5S2. The molecule has 0 spiro atoms. The van der Waals surface area contributed by atoms with E-state index in [1.54, 1.807) is 6.92 Å². The first-order valence-electron chi connectivity index (χ1n) is 5.32. The second-order valence-electron chi connectivity index (χ2n) is 4.03. The number of carbonyl (C=O) groups excluding carboxylic acids is 1. The minimum atomic E-state index is -3.28. The Balaban J connectivity index is 2.68. The topological polar surface area (TPSA) is 113 Å². The number of aryl methyl sites for hydroxylation is 1. The molecule has 7 nitrogen and oxygen atoms in total. The molecule has 1 aromatic heterocycles. The van der Waals surface area contributed by atoms with Crippen molar-refractivity contribution in [2.45, 2.75) is 19.4 Å². The molecule has 0 aliphatic rings. The average Bonchev–Trinajstić information content (AvgIpc) is 2.69. The number of rotatable bonds is 6. The van der Waals surface area contributed by atoms with Gasteiger partial charge in [-0.25, -0.2) is 18.2 Å². The number of nitrogens with one attached hydrogen (secondary N) is 1. The lowest BCUT2D eigenvalue weighted by Gasteiger charge is -2.12. The molecule has 106 valence electrons. The smallest absolute Gasteiger partial charge is 0.326 e. The second-order valence-corrected chi connectivity index (χ2v) is 7.36. The van der Waals surface area contributed by atoms with Gasteiger partial charge in [0.15, 0.2) is 0 Å². The Labute approximate surface area is 114 Å². The van der Waals surface area contributed by atoms with Gasteiger partial charge in [0, 0.05) is 11.6 Å². The van der Waals surface area contributed by atoms with Crippen LogP contribution in [0.5, 0.6) is 0 Å². The van der Waals surface area contributed by atoms with Gasteiger partial charge in [-0.15, -0.1) is 11.3 Å². The van der Waals surface area contributed by atoms with Crippen molar-refractivity contribution in [2.24, 2.45) is 0 Å². The molecule has 0 saturated carbocycles. The van der Waals surface area contributed by atoms with Crippen LogP contribution in [0.15, 0.2) is 5.38 Å². The lowest BCUT2D eigenvalue weighted by molar-refractivity contribution is -0.139. The number of amides is 1. The van der Waals surface area contributed by atoms with Gasteiger partial charge < -0.3 is 10.4 Å². The van der Waals surface area contributed by atoms with Crippen LogP contribution in [-0.2, 0) is 14.6 Å². The maximum Gasteiger partial charge on any atom is 0.326 e. The fraction of sp³-hybridized carbons (Fsp3) is 0.500. The lowest BCUT2D eigenvalue weighted by Crippen LogP contribution is -2.42. The fourth-order valence-corrected chi connectivity index (χ4v) is 2.55. The van der Waals surface area contributed by atoms with Crippen LogP contribution in [0, 0.1) is 6.92 Å². The first-order chi connectivity index (χ1) is 8.69. The predicted octanol–water partition coefficient (Wildman–Crippen LogP) is 0.0692. The number of carbonyl (C=O) groups is 2. The molecule has 0 radical (unpaired) electrons. The van der Waals surface area contributed by atoms with E-state index in [1.165, 1.54) is 16.7 Å². The molecule has 1 heterocycles. The van der Waals surface area contributed by atoms with E-state index in [9.17, 15) is 18.0 Å². The average molecular weight is 306 g/mol. The van der Waals surface area contributed by atoms with Crippen LogP contribution in [0.25, 0.3) is 0 Å². The number of carboxylic acid groups (broad SMARTS) is 1. The van der Waals surface area contributed by atoms with Gasteiger partial charge in [0.05, 0.1) is 10.8 Å². The van der Waals surface area contributed by atoms with Crippen molar-refractivity contribution in [3.8, 4) is 0 Å². The molecule has 9 heteroatoms. The Morgan fingerprint density at radius 2 is 2.16 bits per heavy atom. The first-order valence-corrected chi connectivity index (χ1v) is 8.26. The summed E-state index contributed by atoms with van der Waals surface area (Å²) in [5.74, 6) is -2.20. The van der Waals surface area contributed by atoms with Crippen molar-refractivity contribution in [2.75, 3.05) is 12.0 Å². The third-order valence-corrected chi connectivity index (χ3v) is 3.98. The van der Waals surface area contributed by atoms with Crippen molar-refractivity contribution < 1.29 is 23.1 Å². The molecule has 2 N–H and O–H groups in total. The highest BCUT2D eigenvalue weighted by Gasteiger charge is 2.23. The normalized spacial score (nSPS) is 12.9. The van der Waals surface area contributed by atoms with Gasteiger partial charge in [-0.1, -0.05) is 0 Å². The highest BCUT2D eigenvalue weighted by molar-refractivity contribution is 7.90. The molecule has 0 aliphatic heterocycles. The van der Waals surface area contributed by atoms with E-state index >= 15 is 0 Å². The van der Waals surface area contributed by atoms with Crippen LogP contribution in [0.3, 0.4) is 0 Å². The fourth-order valence-electron chi connectivity index (χ4n) is 1.29. The Bertz CT molecular complexity index is 578. The van der Waals surface area contributed by atoms with E-state index in [0.29, 0.717) is 5.01 Å². The summed E-state index contributed by atoms with van der Waals surface area (Å²) in [6, 6.07) is -1.25. The summed E-state index contributed by atoms with van der Waals surface area (Å²) < 4.78 is 22.0. The van der Waals surface area contributed by atoms with E-state index in [1.807, 2.05) is 0 Å². The summed E-state index contributed by atoms with van der Waals surface area (Å²) >= 11 is 1.27. The van der Waals surface area contributed by atoms with Crippen LogP contribution in [-0.4, -0.2) is 48.4 Å². The minimum absolute atomic E-state index is 0.133. The molecule has 1 unspecified atom stereocenters. The molecular weight excluding hydrogens is 292 g/mol. The van der Waals surface area contributed by atoms with Crippen LogP contribution in [0.4, 0.5) is 0 Å². The van der Waals surface area contributed by atoms with Crippen LogP contribution in [0.1, 0.15) is 21.9 Å². The van der Waals surface area contributed by atoms with Gasteiger partial charge in [-0.3, -0.25) is 4.79 Å². The summed E-state index contributed by atoms with van der Waals surface area (Å²) in [5.41, 5.74) is 0.133. The Morgan fingerprint density at radius 1 is 1.53 bits per heavy atom. The van der Waals surface area contributed by atoms with Crippen LogP contribution < -0.4 is 5.32 Å². The maximum absolute atomic E-state index is 11.7. The summed E-state index contributed by atoms with van der Waals surface area (Å²) in [4.78, 5) is 26.6. The van der Waals surface area contributed by atoms with Crippen molar-refractivity contribution in [3.63, 3.8) is 0 Å². The molecule has 0 aliphatic carbocycles.